The third-order valence-corrected chi connectivity index (χ3v) is 9.68. The van der Waals surface area contributed by atoms with Crippen molar-refractivity contribution >= 4 is 42.4 Å². The summed E-state index contributed by atoms with van der Waals surface area (Å²) in [5, 5.41) is 1.37. The van der Waals surface area contributed by atoms with Gasteiger partial charge >= 0.3 is 0 Å². The minimum atomic E-state index is -3.89. The number of hydrogen-bond donors (Lipinski definition) is 0. The third kappa shape index (κ3) is 3.56. The first-order chi connectivity index (χ1) is 15.7. The first kappa shape index (κ1) is 21.8. The maximum Gasteiger partial charge on any atom is 0.265 e. The van der Waals surface area contributed by atoms with Crippen molar-refractivity contribution in [3.05, 3.63) is 66.5 Å². The van der Waals surface area contributed by atoms with Crippen LogP contribution in [0.5, 0.6) is 0 Å². The van der Waals surface area contributed by atoms with Gasteiger partial charge in [-0.2, -0.15) is 4.31 Å². The zero-order valence-corrected chi connectivity index (χ0v) is 19.0. The highest BCUT2D eigenvalue weighted by Gasteiger charge is 2.38. The average molecular weight is 490 g/mol. The molecule has 33 heavy (non-hydrogen) atoms. The fourth-order valence-corrected chi connectivity index (χ4v) is 7.42. The van der Waals surface area contributed by atoms with Crippen molar-refractivity contribution in [1.29, 1.82) is 0 Å². The molecule has 1 saturated heterocycles. The first-order valence-electron chi connectivity index (χ1n) is 10.3. The molecule has 2 aliphatic heterocycles. The monoisotopic (exact) mass is 489 g/mol. The fraction of sp³-hybridized carbons (Fsp3) is 0.227. The Morgan fingerprint density at radius 2 is 1.61 bits per heavy atom. The molecule has 0 saturated carbocycles. The van der Waals surface area contributed by atoms with Gasteiger partial charge in [-0.25, -0.2) is 21.2 Å². The summed E-state index contributed by atoms with van der Waals surface area (Å²) in [4.78, 5) is 14.5. The molecular weight excluding hydrogens is 469 g/mol. The van der Waals surface area contributed by atoms with Crippen LogP contribution in [0.2, 0.25) is 0 Å². The fourth-order valence-electron chi connectivity index (χ4n) is 4.31. The van der Waals surface area contributed by atoms with E-state index in [2.05, 4.69) is 0 Å². The zero-order valence-electron chi connectivity index (χ0n) is 17.4. The molecular formula is C22H20FN3O5S2. The van der Waals surface area contributed by atoms with Crippen LogP contribution in [0.4, 0.5) is 10.1 Å². The number of amides is 1. The summed E-state index contributed by atoms with van der Waals surface area (Å²) in [5.41, 5.74) is 0.462. The second-order valence-electron chi connectivity index (χ2n) is 7.89. The Morgan fingerprint density at radius 1 is 0.939 bits per heavy atom. The van der Waals surface area contributed by atoms with Crippen LogP contribution in [0.3, 0.4) is 0 Å². The molecule has 3 aromatic rings. The number of anilines is 1. The maximum absolute atomic E-state index is 13.5. The Balaban J connectivity index is 1.31. The summed E-state index contributed by atoms with van der Waals surface area (Å²) in [6.07, 6.45) is 0. The van der Waals surface area contributed by atoms with Crippen LogP contribution in [0.1, 0.15) is 0 Å². The van der Waals surface area contributed by atoms with Gasteiger partial charge in [0.25, 0.3) is 10.0 Å². The highest BCUT2D eigenvalue weighted by Crippen LogP contribution is 2.41. The molecule has 3 aromatic carbocycles. The first-order valence-corrected chi connectivity index (χ1v) is 13.2. The molecule has 0 aromatic heterocycles. The molecule has 0 N–H and O–H groups in total. The number of sulfonamides is 2. The van der Waals surface area contributed by atoms with E-state index in [-0.39, 0.29) is 42.5 Å². The number of carbonyl (C=O) groups excluding carboxylic acids is 1. The van der Waals surface area contributed by atoms with Gasteiger partial charge < -0.3 is 4.90 Å². The summed E-state index contributed by atoms with van der Waals surface area (Å²) in [6, 6.07) is 15.0. The van der Waals surface area contributed by atoms with E-state index in [1.165, 1.54) is 33.5 Å². The van der Waals surface area contributed by atoms with E-state index in [1.54, 1.807) is 18.2 Å². The molecule has 2 heterocycles. The molecule has 0 bridgehead atoms. The zero-order chi connectivity index (χ0) is 23.4. The van der Waals surface area contributed by atoms with Crippen LogP contribution in [-0.4, -0.2) is 64.7 Å². The lowest BCUT2D eigenvalue weighted by molar-refractivity contribution is -0.130. The van der Waals surface area contributed by atoms with Gasteiger partial charge in [0, 0.05) is 31.6 Å². The smallest absolute Gasteiger partial charge is 0.265 e. The number of carbonyl (C=O) groups is 1. The van der Waals surface area contributed by atoms with Crippen molar-refractivity contribution in [3.8, 4) is 0 Å². The normalized spacial score (nSPS) is 18.1. The summed E-state index contributed by atoms with van der Waals surface area (Å²) in [6.45, 7) is -0.0795. The third-order valence-electron chi connectivity index (χ3n) is 5.99. The molecule has 0 unspecified atom stereocenters. The number of benzene rings is 3. The van der Waals surface area contributed by atoms with Crippen LogP contribution in [0, 0.1) is 5.82 Å². The molecule has 11 heteroatoms. The van der Waals surface area contributed by atoms with Gasteiger partial charge in [0.1, 0.15) is 12.4 Å². The van der Waals surface area contributed by atoms with Gasteiger partial charge in [-0.3, -0.25) is 9.10 Å². The van der Waals surface area contributed by atoms with Crippen LogP contribution >= 0.6 is 0 Å². The van der Waals surface area contributed by atoms with Crippen LogP contribution in [0.25, 0.3) is 10.8 Å². The quantitative estimate of drug-likeness (QED) is 0.559. The maximum atomic E-state index is 13.5. The molecule has 1 amide bonds. The number of piperazine rings is 1. The Hall–Kier alpha value is -3.02. The van der Waals surface area contributed by atoms with Gasteiger partial charge in [0.2, 0.25) is 15.9 Å². The van der Waals surface area contributed by atoms with E-state index < -0.39 is 31.8 Å². The second-order valence-corrected chi connectivity index (χ2v) is 11.7. The predicted molar refractivity (Wildman–Crippen MR) is 120 cm³/mol. The number of halogens is 1. The Kier molecular flexibility index (Phi) is 5.15. The molecule has 0 spiro atoms. The SMILES string of the molecule is O=C(CN1c2cccc3cccc(c23)S1(=O)=O)N1CCN(S(=O)(=O)c2cccc(F)c2)CC1. The lowest BCUT2D eigenvalue weighted by Gasteiger charge is -2.34. The van der Waals surface area contributed by atoms with E-state index in [4.69, 9.17) is 0 Å². The van der Waals surface area contributed by atoms with Gasteiger partial charge in [-0.15, -0.1) is 0 Å². The van der Waals surface area contributed by atoms with E-state index >= 15 is 0 Å². The Labute approximate surface area is 190 Å². The van der Waals surface area contributed by atoms with E-state index in [0.717, 1.165) is 15.8 Å². The van der Waals surface area contributed by atoms with Crippen LogP contribution in [-0.2, 0) is 24.8 Å². The van der Waals surface area contributed by atoms with E-state index in [0.29, 0.717) is 11.1 Å². The summed E-state index contributed by atoms with van der Waals surface area (Å²) in [5.74, 6) is -1.06. The van der Waals surface area contributed by atoms with Crippen molar-refractivity contribution < 1.29 is 26.0 Å². The van der Waals surface area contributed by atoms with Gasteiger partial charge in [-0.05, 0) is 35.7 Å². The minimum absolute atomic E-state index is 0.0349. The number of nitrogens with zero attached hydrogens (tertiary/aromatic N) is 3. The average Bonchev–Trinajstić information content (AvgIpc) is 3.02. The summed E-state index contributed by atoms with van der Waals surface area (Å²) in [7, 11) is -7.75. The molecule has 5 rings (SSSR count). The van der Waals surface area contributed by atoms with E-state index in [1.807, 2.05) is 12.1 Å². The Morgan fingerprint density at radius 3 is 2.30 bits per heavy atom. The molecule has 0 radical (unpaired) electrons. The molecule has 2 aliphatic rings. The lowest BCUT2D eigenvalue weighted by atomic mass is 10.1. The summed E-state index contributed by atoms with van der Waals surface area (Å²) < 4.78 is 67.5. The number of hydrogen-bond acceptors (Lipinski definition) is 5. The molecule has 8 nitrogen and oxygen atoms in total. The minimum Gasteiger partial charge on any atom is -0.338 e. The van der Waals surface area contributed by atoms with Gasteiger partial charge in [0.15, 0.2) is 0 Å². The van der Waals surface area contributed by atoms with Gasteiger partial charge in [-0.1, -0.05) is 30.3 Å². The van der Waals surface area contributed by atoms with E-state index in [9.17, 15) is 26.0 Å². The van der Waals surface area contributed by atoms with Crippen molar-refractivity contribution in [2.75, 3.05) is 37.0 Å². The number of rotatable bonds is 4. The Bertz CT molecular complexity index is 1480. The highest BCUT2D eigenvalue weighted by atomic mass is 32.2. The standard InChI is InChI=1S/C22H20FN3O5S2/c23-17-6-3-7-18(14-17)32(28,29)25-12-10-24(11-13-25)21(27)15-26-19-8-1-4-16-5-2-9-20(22(16)19)33(26,30)31/h1-9,14H,10-13,15H2. The second kappa shape index (κ2) is 7.79. The van der Waals surface area contributed by atoms with Gasteiger partial charge in [0.05, 0.1) is 15.5 Å². The van der Waals surface area contributed by atoms with Crippen molar-refractivity contribution in [2.24, 2.45) is 0 Å². The topological polar surface area (TPSA) is 95.1 Å². The van der Waals surface area contributed by atoms with Crippen LogP contribution in [0.15, 0.2) is 70.5 Å². The summed E-state index contributed by atoms with van der Waals surface area (Å²) >= 11 is 0. The van der Waals surface area contributed by atoms with Crippen molar-refractivity contribution in [2.45, 2.75) is 9.79 Å². The van der Waals surface area contributed by atoms with Crippen molar-refractivity contribution in [3.63, 3.8) is 0 Å². The molecule has 0 aliphatic carbocycles. The molecule has 172 valence electrons. The van der Waals surface area contributed by atoms with Crippen LogP contribution < -0.4 is 4.31 Å². The lowest BCUT2D eigenvalue weighted by Crippen LogP contribution is -2.52. The van der Waals surface area contributed by atoms with Crippen molar-refractivity contribution in [1.82, 2.24) is 9.21 Å². The molecule has 1 fully saturated rings. The predicted octanol–water partition coefficient (Wildman–Crippen LogP) is 2.02. The largest absolute Gasteiger partial charge is 0.338 e. The highest BCUT2D eigenvalue weighted by molar-refractivity contribution is 7.93. The molecule has 0 atom stereocenters.